The Morgan fingerprint density at radius 1 is 1.11 bits per heavy atom. The van der Waals surface area contributed by atoms with Gasteiger partial charge in [0, 0.05) is 35.9 Å². The molecule has 1 aliphatic rings. The van der Waals surface area contributed by atoms with Gasteiger partial charge in [0.15, 0.2) is 0 Å². The quantitative estimate of drug-likeness (QED) is 0.258. The number of amides is 1. The molecule has 0 radical (unpaired) electrons. The minimum Gasteiger partial charge on any atom is -0.507 e. The second-order valence-electron chi connectivity index (χ2n) is 9.28. The van der Waals surface area contributed by atoms with Crippen molar-refractivity contribution in [3.8, 4) is 5.75 Å². The number of aliphatic hydroxyl groups is 1. The number of anilines is 2. The lowest BCUT2D eigenvalue weighted by atomic mass is 9.98. The Hall–Kier alpha value is -3.58. The molecule has 1 unspecified atom stereocenters. The monoisotopic (exact) mass is 490 g/mol. The van der Waals surface area contributed by atoms with Crippen molar-refractivity contribution < 1.29 is 19.4 Å². The number of thiophene rings is 1. The van der Waals surface area contributed by atoms with Gasteiger partial charge in [-0.2, -0.15) is 0 Å². The Balaban J connectivity index is 1.79. The molecule has 7 heteroatoms. The van der Waals surface area contributed by atoms with E-state index in [9.17, 15) is 14.7 Å². The standard InChI is InChI=1S/C28H30N2O4S/c1-17(2)16-34-22-13-8-19(15-18(22)3)26(31)24-25(23-7-6-14-35-23)30(28(33)27(24)32)21-11-9-20(10-12-21)29(4)5/h6-15,17,25,31H,16H2,1-5H3/b26-24-. The lowest BCUT2D eigenvalue weighted by Crippen LogP contribution is -2.29. The molecule has 0 bridgehead atoms. The maximum Gasteiger partial charge on any atom is 0.300 e. The van der Waals surface area contributed by atoms with Crippen LogP contribution in [0.1, 0.15) is 35.9 Å². The van der Waals surface area contributed by atoms with Gasteiger partial charge in [-0.25, -0.2) is 0 Å². The fourth-order valence-electron chi connectivity index (χ4n) is 4.10. The summed E-state index contributed by atoms with van der Waals surface area (Å²) in [5.74, 6) is -0.429. The molecule has 2 heterocycles. The van der Waals surface area contributed by atoms with E-state index in [2.05, 4.69) is 13.8 Å². The molecule has 1 aromatic heterocycles. The highest BCUT2D eigenvalue weighted by Crippen LogP contribution is 2.44. The van der Waals surface area contributed by atoms with E-state index < -0.39 is 17.7 Å². The van der Waals surface area contributed by atoms with Crippen molar-refractivity contribution >= 4 is 40.2 Å². The van der Waals surface area contributed by atoms with E-state index in [0.29, 0.717) is 23.8 Å². The SMILES string of the molecule is Cc1cc(/C(O)=C2/C(=O)C(=O)N(c3ccc(N(C)C)cc3)C2c2cccs2)ccc1OCC(C)C. The van der Waals surface area contributed by atoms with Gasteiger partial charge in [0.05, 0.1) is 12.2 Å². The van der Waals surface area contributed by atoms with Crippen LogP contribution in [0.3, 0.4) is 0 Å². The van der Waals surface area contributed by atoms with Gasteiger partial charge in [-0.1, -0.05) is 19.9 Å². The second kappa shape index (κ2) is 9.96. The summed E-state index contributed by atoms with van der Waals surface area (Å²) in [7, 11) is 3.88. The summed E-state index contributed by atoms with van der Waals surface area (Å²) >= 11 is 1.44. The largest absolute Gasteiger partial charge is 0.507 e. The van der Waals surface area contributed by atoms with Crippen molar-refractivity contribution in [2.45, 2.75) is 26.8 Å². The normalized spacial score (nSPS) is 17.3. The predicted octanol–water partition coefficient (Wildman–Crippen LogP) is 5.78. The second-order valence-corrected chi connectivity index (χ2v) is 10.3. The summed E-state index contributed by atoms with van der Waals surface area (Å²) in [4.78, 5) is 30.8. The molecule has 2 aromatic carbocycles. The van der Waals surface area contributed by atoms with Crippen molar-refractivity contribution in [3.05, 3.63) is 81.6 Å². The third-order valence-electron chi connectivity index (χ3n) is 5.92. The van der Waals surface area contributed by atoms with Gasteiger partial charge < -0.3 is 14.7 Å². The molecule has 1 saturated heterocycles. The van der Waals surface area contributed by atoms with Gasteiger partial charge in [0.25, 0.3) is 11.7 Å². The molecule has 1 N–H and O–H groups in total. The number of Topliss-reactive ketones (excluding diaryl/α,β-unsaturated/α-hetero) is 1. The Labute approximate surface area is 210 Å². The molecule has 182 valence electrons. The number of hydrogen-bond acceptors (Lipinski definition) is 6. The first-order chi connectivity index (χ1) is 16.7. The van der Waals surface area contributed by atoms with E-state index in [1.54, 1.807) is 18.2 Å². The van der Waals surface area contributed by atoms with Crippen molar-refractivity contribution in [3.63, 3.8) is 0 Å². The molecule has 0 spiro atoms. The molecule has 1 aliphatic heterocycles. The molecule has 3 aromatic rings. The lowest BCUT2D eigenvalue weighted by molar-refractivity contribution is -0.132. The maximum atomic E-state index is 13.3. The van der Waals surface area contributed by atoms with Crippen molar-refractivity contribution in [1.82, 2.24) is 0 Å². The molecule has 1 amide bonds. The number of ketones is 1. The van der Waals surface area contributed by atoms with Gasteiger partial charge in [0.2, 0.25) is 0 Å². The van der Waals surface area contributed by atoms with Gasteiger partial charge >= 0.3 is 0 Å². The van der Waals surface area contributed by atoms with E-state index in [4.69, 9.17) is 4.74 Å². The number of carbonyl (C=O) groups excluding carboxylic acids is 2. The van der Waals surface area contributed by atoms with Crippen molar-refractivity contribution in [2.24, 2.45) is 5.92 Å². The highest BCUT2D eigenvalue weighted by Gasteiger charge is 2.47. The van der Waals surface area contributed by atoms with Crippen LogP contribution in [0.5, 0.6) is 5.75 Å². The van der Waals surface area contributed by atoms with E-state index in [0.717, 1.165) is 21.9 Å². The molecular weight excluding hydrogens is 460 g/mol. The number of aryl methyl sites for hydroxylation is 1. The number of benzene rings is 2. The number of ether oxygens (including phenoxy) is 1. The Bertz CT molecular complexity index is 1260. The van der Waals surface area contributed by atoms with Crippen LogP contribution in [0.4, 0.5) is 11.4 Å². The topological polar surface area (TPSA) is 70.1 Å². The van der Waals surface area contributed by atoms with Gasteiger partial charge in [-0.15, -0.1) is 11.3 Å². The van der Waals surface area contributed by atoms with E-state index in [1.165, 1.54) is 16.2 Å². The summed E-state index contributed by atoms with van der Waals surface area (Å²) in [6.07, 6.45) is 0. The Kier molecular flexibility index (Phi) is 6.98. The first-order valence-electron chi connectivity index (χ1n) is 11.5. The first-order valence-corrected chi connectivity index (χ1v) is 12.4. The summed E-state index contributed by atoms with van der Waals surface area (Å²) < 4.78 is 5.85. The molecule has 4 rings (SSSR count). The van der Waals surface area contributed by atoms with Crippen LogP contribution >= 0.6 is 11.3 Å². The summed E-state index contributed by atoms with van der Waals surface area (Å²) in [6, 6.07) is 15.8. The van der Waals surface area contributed by atoms with Crippen molar-refractivity contribution in [1.29, 1.82) is 0 Å². The zero-order chi connectivity index (χ0) is 25.3. The van der Waals surface area contributed by atoms with Crippen LogP contribution in [0.25, 0.3) is 5.76 Å². The fourth-order valence-corrected chi connectivity index (χ4v) is 4.92. The third kappa shape index (κ3) is 4.82. The summed E-state index contributed by atoms with van der Waals surface area (Å²) in [6.45, 7) is 6.64. The molecular formula is C28H30N2O4S. The highest BCUT2D eigenvalue weighted by molar-refractivity contribution is 7.10. The zero-order valence-corrected chi connectivity index (χ0v) is 21.4. The Morgan fingerprint density at radius 3 is 2.40 bits per heavy atom. The van der Waals surface area contributed by atoms with Crippen LogP contribution in [0.2, 0.25) is 0 Å². The number of rotatable bonds is 7. The molecule has 0 saturated carbocycles. The number of aliphatic hydroxyl groups excluding tert-OH is 1. The minimum absolute atomic E-state index is 0.0874. The zero-order valence-electron chi connectivity index (χ0n) is 20.6. The maximum absolute atomic E-state index is 13.3. The van der Waals surface area contributed by atoms with E-state index in [-0.39, 0.29) is 11.3 Å². The molecule has 0 aliphatic carbocycles. The summed E-state index contributed by atoms with van der Waals surface area (Å²) in [5.41, 5.74) is 2.99. The summed E-state index contributed by atoms with van der Waals surface area (Å²) in [5, 5.41) is 13.2. The van der Waals surface area contributed by atoms with E-state index >= 15 is 0 Å². The molecule has 1 atom stereocenters. The van der Waals surface area contributed by atoms with Gasteiger partial charge in [-0.05, 0) is 72.3 Å². The average Bonchev–Trinajstić information content (AvgIpc) is 3.44. The average molecular weight is 491 g/mol. The molecule has 6 nitrogen and oxygen atoms in total. The predicted molar refractivity (Wildman–Crippen MR) is 141 cm³/mol. The lowest BCUT2D eigenvalue weighted by Gasteiger charge is -2.25. The van der Waals surface area contributed by atoms with Crippen LogP contribution in [-0.4, -0.2) is 37.5 Å². The van der Waals surface area contributed by atoms with E-state index in [1.807, 2.05) is 67.7 Å². The van der Waals surface area contributed by atoms with Crippen LogP contribution in [0, 0.1) is 12.8 Å². The van der Waals surface area contributed by atoms with Crippen LogP contribution < -0.4 is 14.5 Å². The molecule has 1 fully saturated rings. The first kappa shape index (κ1) is 24.5. The third-order valence-corrected chi connectivity index (χ3v) is 6.85. The smallest absolute Gasteiger partial charge is 0.300 e. The Morgan fingerprint density at radius 2 is 1.83 bits per heavy atom. The number of carbonyl (C=O) groups is 2. The van der Waals surface area contributed by atoms with Gasteiger partial charge in [-0.3, -0.25) is 14.5 Å². The van der Waals surface area contributed by atoms with Crippen molar-refractivity contribution in [2.75, 3.05) is 30.5 Å². The highest BCUT2D eigenvalue weighted by atomic mass is 32.1. The fraction of sp³-hybridized carbons (Fsp3) is 0.286. The number of hydrogen-bond donors (Lipinski definition) is 1. The van der Waals surface area contributed by atoms with Crippen LogP contribution in [0.15, 0.2) is 65.6 Å². The van der Waals surface area contributed by atoms with Crippen LogP contribution in [-0.2, 0) is 9.59 Å². The van der Waals surface area contributed by atoms with Gasteiger partial charge in [0.1, 0.15) is 17.6 Å². The number of nitrogens with zero attached hydrogens (tertiary/aromatic N) is 2. The molecule has 35 heavy (non-hydrogen) atoms. The minimum atomic E-state index is -0.711.